The maximum atomic E-state index is 14.9. The molecule has 1 saturated heterocycles. The Morgan fingerprint density at radius 2 is 1.67 bits per heavy atom. The zero-order valence-electron chi connectivity index (χ0n) is 18.5. The molecule has 1 aromatic heterocycles. The Morgan fingerprint density at radius 3 is 2.21 bits per heavy atom. The second kappa shape index (κ2) is 7.56. The molecule has 5 rings (SSSR count). The van der Waals surface area contributed by atoms with Gasteiger partial charge in [0.2, 0.25) is 0 Å². The molecule has 1 aliphatic carbocycles. The summed E-state index contributed by atoms with van der Waals surface area (Å²) in [6, 6.07) is 7.60. The van der Waals surface area contributed by atoms with Crippen LogP contribution in [0.2, 0.25) is 0 Å². The number of aromatic nitrogens is 1. The van der Waals surface area contributed by atoms with Crippen molar-refractivity contribution in [2.45, 2.75) is 56.0 Å². The molecule has 2 aromatic rings. The third kappa shape index (κ3) is 3.47. The SMILES string of the molecule is CN1CCn2c(C(F)(F)F)cc(F)c2C12CCN(C(=O)c1ccc(C3(O)CCC3)cc1)CC2.[HH]. The van der Waals surface area contributed by atoms with E-state index in [0.717, 1.165) is 29.4 Å². The van der Waals surface area contributed by atoms with Crippen LogP contribution in [0.15, 0.2) is 30.3 Å². The van der Waals surface area contributed by atoms with Crippen LogP contribution >= 0.6 is 0 Å². The normalized spacial score (nSPS) is 22.2. The van der Waals surface area contributed by atoms with Gasteiger partial charge in [-0.2, -0.15) is 13.2 Å². The number of alkyl halides is 3. The number of halogens is 4. The summed E-state index contributed by atoms with van der Waals surface area (Å²) in [5.41, 5.74) is -1.23. The molecule has 1 amide bonds. The molecule has 2 aliphatic heterocycles. The van der Waals surface area contributed by atoms with Crippen molar-refractivity contribution in [2.24, 2.45) is 0 Å². The van der Waals surface area contributed by atoms with Crippen LogP contribution in [-0.4, -0.2) is 52.1 Å². The lowest BCUT2D eigenvalue weighted by Crippen LogP contribution is -2.57. The predicted molar refractivity (Wildman–Crippen MR) is 115 cm³/mol. The van der Waals surface area contributed by atoms with Gasteiger partial charge in [0.25, 0.3) is 5.91 Å². The first-order chi connectivity index (χ1) is 15.6. The number of hydrogen-bond donors (Lipinski definition) is 1. The largest absolute Gasteiger partial charge is 0.431 e. The smallest absolute Gasteiger partial charge is 0.385 e. The highest BCUT2D eigenvalue weighted by molar-refractivity contribution is 5.94. The molecular weight excluding hydrogens is 438 g/mol. The Bertz CT molecular complexity index is 1070. The maximum absolute atomic E-state index is 14.9. The van der Waals surface area contributed by atoms with Crippen molar-refractivity contribution in [3.8, 4) is 0 Å². The topological polar surface area (TPSA) is 48.7 Å². The van der Waals surface area contributed by atoms with E-state index in [-0.39, 0.29) is 19.6 Å². The Morgan fingerprint density at radius 1 is 1.03 bits per heavy atom. The maximum Gasteiger partial charge on any atom is 0.431 e. The van der Waals surface area contributed by atoms with Crippen LogP contribution in [0.25, 0.3) is 0 Å². The van der Waals surface area contributed by atoms with Crippen LogP contribution in [0.5, 0.6) is 0 Å². The molecule has 2 fully saturated rings. The average molecular weight is 468 g/mol. The molecule has 0 atom stereocenters. The van der Waals surface area contributed by atoms with E-state index in [1.165, 1.54) is 0 Å². The van der Waals surface area contributed by atoms with Crippen molar-refractivity contribution in [3.63, 3.8) is 0 Å². The fourth-order valence-electron chi connectivity index (χ4n) is 5.71. The summed E-state index contributed by atoms with van der Waals surface area (Å²) in [6.45, 7) is 1.10. The Balaban J connectivity index is 0.00000274. The number of likely N-dealkylation sites (N-methyl/N-ethyl adjacent to an activating group) is 1. The van der Waals surface area contributed by atoms with Gasteiger partial charge in [-0.25, -0.2) is 4.39 Å². The number of rotatable bonds is 2. The summed E-state index contributed by atoms with van der Waals surface area (Å²) in [5, 5.41) is 10.5. The molecule has 180 valence electrons. The molecule has 0 bridgehead atoms. The van der Waals surface area contributed by atoms with Gasteiger partial charge in [0.15, 0.2) is 0 Å². The van der Waals surface area contributed by atoms with Crippen molar-refractivity contribution in [3.05, 3.63) is 58.7 Å². The van der Waals surface area contributed by atoms with Gasteiger partial charge in [-0.3, -0.25) is 9.69 Å². The molecule has 33 heavy (non-hydrogen) atoms. The van der Waals surface area contributed by atoms with Crippen molar-refractivity contribution in [1.29, 1.82) is 0 Å². The number of likely N-dealkylation sites (tertiary alicyclic amines) is 1. The summed E-state index contributed by atoms with van der Waals surface area (Å²) in [6.07, 6.45) is -1.50. The first kappa shape index (κ1) is 22.4. The molecule has 1 saturated carbocycles. The average Bonchev–Trinajstić information content (AvgIpc) is 3.13. The minimum absolute atomic E-state index is 0. The first-order valence-electron chi connectivity index (χ1n) is 11.4. The minimum atomic E-state index is -4.62. The lowest BCUT2D eigenvalue weighted by molar-refractivity contribution is -0.144. The van der Waals surface area contributed by atoms with E-state index < -0.39 is 28.8 Å². The van der Waals surface area contributed by atoms with Crippen molar-refractivity contribution in [1.82, 2.24) is 14.4 Å². The molecule has 3 aliphatic rings. The van der Waals surface area contributed by atoms with E-state index in [4.69, 9.17) is 0 Å². The molecule has 1 aromatic carbocycles. The number of nitrogens with zero attached hydrogens (tertiary/aromatic N) is 3. The van der Waals surface area contributed by atoms with E-state index in [0.29, 0.717) is 44.1 Å². The highest BCUT2D eigenvalue weighted by Gasteiger charge is 2.49. The quantitative estimate of drug-likeness (QED) is 0.669. The van der Waals surface area contributed by atoms with Gasteiger partial charge >= 0.3 is 6.18 Å². The first-order valence-corrected chi connectivity index (χ1v) is 11.4. The molecule has 9 heteroatoms. The van der Waals surface area contributed by atoms with Gasteiger partial charge in [0, 0.05) is 39.2 Å². The van der Waals surface area contributed by atoms with Crippen LogP contribution in [0.4, 0.5) is 17.6 Å². The van der Waals surface area contributed by atoms with Gasteiger partial charge in [-0.1, -0.05) is 12.1 Å². The van der Waals surface area contributed by atoms with Gasteiger partial charge in [0.1, 0.15) is 11.5 Å². The number of carbonyl (C=O) groups excluding carboxylic acids is 1. The third-order valence-electron chi connectivity index (χ3n) is 7.90. The summed E-state index contributed by atoms with van der Waals surface area (Å²) >= 11 is 0. The van der Waals surface area contributed by atoms with E-state index in [2.05, 4.69) is 0 Å². The summed E-state index contributed by atoms with van der Waals surface area (Å²) in [4.78, 5) is 16.7. The van der Waals surface area contributed by atoms with Crippen LogP contribution in [-0.2, 0) is 23.9 Å². The lowest BCUT2D eigenvalue weighted by atomic mass is 9.75. The van der Waals surface area contributed by atoms with Crippen LogP contribution in [0.3, 0.4) is 0 Å². The number of piperidine rings is 1. The second-order valence-corrected chi connectivity index (χ2v) is 9.58. The van der Waals surface area contributed by atoms with E-state index in [1.54, 1.807) is 29.2 Å². The van der Waals surface area contributed by atoms with E-state index >= 15 is 0 Å². The molecular formula is C24H29F4N3O2. The number of benzene rings is 1. The van der Waals surface area contributed by atoms with Gasteiger partial charge < -0.3 is 14.6 Å². The highest BCUT2D eigenvalue weighted by Crippen LogP contribution is 2.45. The monoisotopic (exact) mass is 467 g/mol. The van der Waals surface area contributed by atoms with E-state index in [9.17, 15) is 27.5 Å². The highest BCUT2D eigenvalue weighted by atomic mass is 19.4. The second-order valence-electron chi connectivity index (χ2n) is 9.58. The van der Waals surface area contributed by atoms with Gasteiger partial charge in [-0.05, 0) is 56.8 Å². The Kier molecular flexibility index (Phi) is 5.13. The van der Waals surface area contributed by atoms with Crippen LogP contribution < -0.4 is 0 Å². The Hall–Kier alpha value is -2.39. The fourth-order valence-corrected chi connectivity index (χ4v) is 5.71. The van der Waals surface area contributed by atoms with Crippen LogP contribution in [0, 0.1) is 5.82 Å². The number of carbonyl (C=O) groups is 1. The van der Waals surface area contributed by atoms with Gasteiger partial charge in [0.05, 0.1) is 16.8 Å². The molecule has 1 N–H and O–H groups in total. The Labute approximate surface area is 191 Å². The van der Waals surface area contributed by atoms with Crippen molar-refractivity contribution < 1.29 is 28.9 Å². The standard InChI is InChI=1S/C24H27F4N3O2.H2/c1-29-13-14-31-19(24(26,27)28)15-18(25)20(31)22(29)9-11-30(12-10-22)21(32)16-3-5-17(6-4-16)23(33)7-2-8-23;/h3-6,15,33H,2,7-14H2,1H3;1H. The molecule has 5 nitrogen and oxygen atoms in total. The third-order valence-corrected chi connectivity index (χ3v) is 7.90. The van der Waals surface area contributed by atoms with E-state index in [1.807, 2.05) is 11.9 Å². The van der Waals surface area contributed by atoms with Crippen molar-refractivity contribution in [2.75, 3.05) is 26.7 Å². The summed E-state index contributed by atoms with van der Waals surface area (Å²) in [7, 11) is 1.81. The molecule has 1 spiro atoms. The lowest BCUT2D eigenvalue weighted by Gasteiger charge is -2.50. The molecule has 0 unspecified atom stereocenters. The minimum Gasteiger partial charge on any atom is -0.385 e. The number of fused-ring (bicyclic) bond motifs is 2. The molecule has 3 heterocycles. The number of hydrogen-bond acceptors (Lipinski definition) is 3. The van der Waals surface area contributed by atoms with Gasteiger partial charge in [-0.15, -0.1) is 0 Å². The molecule has 0 radical (unpaired) electrons. The summed E-state index contributed by atoms with van der Waals surface area (Å²) < 4.78 is 56.3. The predicted octanol–water partition coefficient (Wildman–Crippen LogP) is 4.34. The fraction of sp³-hybridized carbons (Fsp3) is 0.542. The van der Waals surface area contributed by atoms with Crippen molar-refractivity contribution >= 4 is 5.91 Å². The number of aliphatic hydroxyl groups is 1. The zero-order chi connectivity index (χ0) is 23.6. The van der Waals surface area contributed by atoms with Crippen LogP contribution in [0.1, 0.15) is 60.8 Å². The number of amides is 1. The zero-order valence-corrected chi connectivity index (χ0v) is 18.5. The summed E-state index contributed by atoms with van der Waals surface area (Å²) in [5.74, 6) is -1.000.